The summed E-state index contributed by atoms with van der Waals surface area (Å²) < 4.78 is 0. The Balaban J connectivity index is 2.32. The first-order valence-corrected chi connectivity index (χ1v) is 7.66. The van der Waals surface area contributed by atoms with E-state index in [2.05, 4.69) is 5.32 Å². The fourth-order valence-electron chi connectivity index (χ4n) is 2.55. The van der Waals surface area contributed by atoms with Crippen molar-refractivity contribution in [3.05, 3.63) is 0 Å². The average Bonchev–Trinajstić information content (AvgIpc) is 2.39. The number of nitrogens with zero attached hydrogens (tertiary/aromatic N) is 1. The minimum absolute atomic E-state index is 0.0204. The van der Waals surface area contributed by atoms with E-state index in [-0.39, 0.29) is 30.3 Å². The molecule has 0 radical (unpaired) electrons. The molecule has 2 amide bonds. The molecule has 1 rings (SSSR count). The Hall–Kier alpha value is -1.10. The molecule has 0 saturated heterocycles. The number of rotatable bonds is 6. The first kappa shape index (κ1) is 17.0. The first-order valence-electron chi connectivity index (χ1n) is 7.66. The second-order valence-electron chi connectivity index (χ2n) is 6.36. The van der Waals surface area contributed by atoms with Gasteiger partial charge in [0.15, 0.2) is 0 Å². The quantitative estimate of drug-likeness (QED) is 0.767. The first-order chi connectivity index (χ1) is 9.40. The van der Waals surface area contributed by atoms with Crippen molar-refractivity contribution >= 4 is 11.8 Å². The molecule has 0 bridgehead atoms. The Morgan fingerprint density at radius 2 is 1.95 bits per heavy atom. The zero-order chi connectivity index (χ0) is 15.1. The van der Waals surface area contributed by atoms with Crippen LogP contribution in [0.3, 0.4) is 0 Å². The summed E-state index contributed by atoms with van der Waals surface area (Å²) in [5.74, 6) is 0.618. The van der Waals surface area contributed by atoms with Gasteiger partial charge in [-0.15, -0.1) is 0 Å². The van der Waals surface area contributed by atoms with E-state index in [0.29, 0.717) is 18.9 Å². The molecular weight excluding hydrogens is 254 g/mol. The maximum Gasteiger partial charge on any atom is 0.239 e. The van der Waals surface area contributed by atoms with Crippen LogP contribution in [0.5, 0.6) is 0 Å². The van der Waals surface area contributed by atoms with Gasteiger partial charge in [0, 0.05) is 26.1 Å². The van der Waals surface area contributed by atoms with Gasteiger partial charge < -0.3 is 16.0 Å². The number of hydrogen-bond acceptors (Lipinski definition) is 3. The summed E-state index contributed by atoms with van der Waals surface area (Å²) >= 11 is 0. The molecule has 0 aromatic heterocycles. The van der Waals surface area contributed by atoms with Crippen molar-refractivity contribution < 1.29 is 9.59 Å². The number of nitrogens with one attached hydrogen (secondary N) is 1. The van der Waals surface area contributed by atoms with E-state index >= 15 is 0 Å². The third kappa shape index (κ3) is 5.90. The van der Waals surface area contributed by atoms with E-state index in [1.807, 2.05) is 13.8 Å². The number of nitrogens with two attached hydrogens (primary N) is 1. The summed E-state index contributed by atoms with van der Waals surface area (Å²) in [5, 5.41) is 2.82. The Labute approximate surface area is 122 Å². The van der Waals surface area contributed by atoms with Crippen LogP contribution >= 0.6 is 0 Å². The van der Waals surface area contributed by atoms with Gasteiger partial charge in [-0.3, -0.25) is 9.59 Å². The van der Waals surface area contributed by atoms with Crippen LogP contribution in [0.15, 0.2) is 0 Å². The minimum atomic E-state index is -0.0949. The highest BCUT2D eigenvalue weighted by Crippen LogP contribution is 2.26. The van der Waals surface area contributed by atoms with Gasteiger partial charge in [-0.1, -0.05) is 26.7 Å². The summed E-state index contributed by atoms with van der Waals surface area (Å²) in [7, 11) is 1.69. The van der Waals surface area contributed by atoms with Crippen molar-refractivity contribution in [3.8, 4) is 0 Å². The molecule has 1 fully saturated rings. The maximum absolute atomic E-state index is 12.1. The lowest BCUT2D eigenvalue weighted by atomic mass is 9.83. The summed E-state index contributed by atoms with van der Waals surface area (Å²) in [6, 6.07) is 0.135. The summed E-state index contributed by atoms with van der Waals surface area (Å²) in [5.41, 5.74) is 6.06. The molecule has 2 atom stereocenters. The molecule has 1 saturated carbocycles. The maximum atomic E-state index is 12.1. The van der Waals surface area contributed by atoms with Crippen LogP contribution in [0.25, 0.3) is 0 Å². The van der Waals surface area contributed by atoms with Crippen molar-refractivity contribution in [1.29, 1.82) is 0 Å². The molecule has 0 aromatic rings. The second kappa shape index (κ2) is 8.25. The van der Waals surface area contributed by atoms with E-state index in [1.54, 1.807) is 7.05 Å². The van der Waals surface area contributed by atoms with Crippen LogP contribution in [-0.2, 0) is 9.59 Å². The van der Waals surface area contributed by atoms with Crippen LogP contribution < -0.4 is 11.1 Å². The number of likely N-dealkylation sites (N-methyl/N-ethyl adjacent to an activating group) is 1. The van der Waals surface area contributed by atoms with Crippen molar-refractivity contribution in [2.75, 3.05) is 20.1 Å². The van der Waals surface area contributed by atoms with Gasteiger partial charge in [0.1, 0.15) is 0 Å². The van der Waals surface area contributed by atoms with E-state index in [9.17, 15) is 9.59 Å². The van der Waals surface area contributed by atoms with Crippen molar-refractivity contribution in [2.24, 2.45) is 17.6 Å². The zero-order valence-electron chi connectivity index (χ0n) is 13.0. The summed E-state index contributed by atoms with van der Waals surface area (Å²) in [6.07, 6.45) is 4.83. The predicted molar refractivity (Wildman–Crippen MR) is 80.0 cm³/mol. The van der Waals surface area contributed by atoms with E-state index in [4.69, 9.17) is 5.73 Å². The molecule has 0 aliphatic heterocycles. The van der Waals surface area contributed by atoms with Crippen molar-refractivity contribution in [3.63, 3.8) is 0 Å². The molecule has 5 heteroatoms. The largest absolute Gasteiger partial charge is 0.354 e. The van der Waals surface area contributed by atoms with Gasteiger partial charge in [-0.2, -0.15) is 0 Å². The lowest BCUT2D eigenvalue weighted by Gasteiger charge is -2.29. The van der Waals surface area contributed by atoms with Crippen molar-refractivity contribution in [1.82, 2.24) is 10.2 Å². The summed E-state index contributed by atoms with van der Waals surface area (Å²) in [6.45, 7) is 4.86. The number of amides is 2. The van der Waals surface area contributed by atoms with E-state index in [1.165, 1.54) is 11.3 Å². The van der Waals surface area contributed by atoms with Crippen molar-refractivity contribution in [2.45, 2.75) is 52.0 Å². The molecule has 1 aliphatic carbocycles. The van der Waals surface area contributed by atoms with Crippen LogP contribution in [0.1, 0.15) is 46.0 Å². The minimum Gasteiger partial charge on any atom is -0.354 e. The molecule has 0 heterocycles. The van der Waals surface area contributed by atoms with Crippen LogP contribution in [-0.4, -0.2) is 42.9 Å². The highest BCUT2D eigenvalue weighted by molar-refractivity contribution is 5.84. The SMILES string of the molecule is CC(C)CNC(=O)CN(C)C(=O)CC1CCCCC1N. The number of carbonyl (C=O) groups is 2. The number of carbonyl (C=O) groups excluding carboxylic acids is 2. The Morgan fingerprint density at radius 3 is 2.55 bits per heavy atom. The Bertz CT molecular complexity index is 331. The molecule has 0 spiro atoms. The highest BCUT2D eigenvalue weighted by atomic mass is 16.2. The topological polar surface area (TPSA) is 75.4 Å². The lowest BCUT2D eigenvalue weighted by Crippen LogP contribution is -2.42. The number of hydrogen-bond donors (Lipinski definition) is 2. The van der Waals surface area contributed by atoms with Crippen LogP contribution in [0, 0.1) is 11.8 Å². The molecule has 20 heavy (non-hydrogen) atoms. The van der Waals surface area contributed by atoms with Gasteiger partial charge in [0.05, 0.1) is 6.54 Å². The highest BCUT2D eigenvalue weighted by Gasteiger charge is 2.25. The predicted octanol–water partition coefficient (Wildman–Crippen LogP) is 1.12. The molecular formula is C15H29N3O2. The van der Waals surface area contributed by atoms with Gasteiger partial charge >= 0.3 is 0 Å². The normalized spacial score (nSPS) is 22.6. The third-order valence-electron chi connectivity index (χ3n) is 3.92. The average molecular weight is 283 g/mol. The van der Waals surface area contributed by atoms with Crippen LogP contribution in [0.2, 0.25) is 0 Å². The lowest BCUT2D eigenvalue weighted by molar-refractivity contribution is -0.135. The molecule has 2 unspecified atom stereocenters. The summed E-state index contributed by atoms with van der Waals surface area (Å²) in [4.78, 5) is 25.3. The molecule has 5 nitrogen and oxygen atoms in total. The Morgan fingerprint density at radius 1 is 1.30 bits per heavy atom. The standard InChI is InChI=1S/C15H29N3O2/c1-11(2)9-17-14(19)10-18(3)15(20)8-12-6-4-5-7-13(12)16/h11-13H,4-10,16H2,1-3H3,(H,17,19). The third-order valence-corrected chi connectivity index (χ3v) is 3.92. The van der Waals surface area contributed by atoms with Gasteiger partial charge in [-0.05, 0) is 24.7 Å². The van der Waals surface area contributed by atoms with Crippen LogP contribution in [0.4, 0.5) is 0 Å². The van der Waals surface area contributed by atoms with E-state index < -0.39 is 0 Å². The molecule has 116 valence electrons. The fourth-order valence-corrected chi connectivity index (χ4v) is 2.55. The second-order valence-corrected chi connectivity index (χ2v) is 6.36. The molecule has 1 aliphatic rings. The molecule has 0 aromatic carbocycles. The van der Waals surface area contributed by atoms with Gasteiger partial charge in [-0.25, -0.2) is 0 Å². The van der Waals surface area contributed by atoms with E-state index in [0.717, 1.165) is 19.3 Å². The Kier molecular flexibility index (Phi) is 6.99. The molecule has 3 N–H and O–H groups in total. The smallest absolute Gasteiger partial charge is 0.239 e. The van der Waals surface area contributed by atoms with Gasteiger partial charge in [0.2, 0.25) is 11.8 Å². The fraction of sp³-hybridized carbons (Fsp3) is 0.867. The zero-order valence-corrected chi connectivity index (χ0v) is 13.0. The monoisotopic (exact) mass is 283 g/mol. The van der Waals surface area contributed by atoms with Gasteiger partial charge in [0.25, 0.3) is 0 Å².